The van der Waals surface area contributed by atoms with Gasteiger partial charge in [-0.05, 0) is 140 Å². The first-order valence-electron chi connectivity index (χ1n) is 34.8. The number of benzene rings is 12. The number of fused-ring (bicyclic) bond motifs is 6. The Labute approximate surface area is 596 Å². The van der Waals surface area contributed by atoms with Gasteiger partial charge in [0.25, 0.3) is 0 Å². The number of carbonyl (C=O) groups excluding carboxylic acids is 3. The van der Waals surface area contributed by atoms with Crippen molar-refractivity contribution in [3.05, 3.63) is 391 Å². The number of hydrogen-bond donors (Lipinski definition) is 2. The van der Waals surface area contributed by atoms with Crippen molar-refractivity contribution < 1.29 is 62.5 Å². The molecule has 0 amide bonds. The second kappa shape index (κ2) is 27.0. The Bertz CT molecular complexity index is 4740. The Hall–Kier alpha value is -11.7. The minimum absolute atomic E-state index is 0.0232. The van der Waals surface area contributed by atoms with Gasteiger partial charge in [-0.25, -0.2) is 0 Å². The number of rotatable bonds is 24. The standard InChI is InChI=1S/C90H70O13/c91-63(51-98-67-41-29-59(30-42-67)89(61-33-45-69(46-34-61)100-53-71-55-102-71)81-21-9-3-15-75(81)86(94)76-16-4-10-22-82(76)89)49-96-65-37-25-57(26-38-65)88(79-19-7-1-13-73(79)85(93)74-14-2-8-20-80(74)88)58-27-39-66(40-28-58)97-50-64(92)52-99-68-43-31-60(32-44-68)90(62-35-47-70(48-36-62)101-54-72-56-103-72)83-23-11-5-17-77(83)87(95)78-18-6-12-24-84(78)90/h1-48,63-64,71-72,91-92H,49-56H2. The maximum atomic E-state index is 14.4. The first kappa shape index (κ1) is 64.7. The maximum Gasteiger partial charge on any atom is 0.193 e. The van der Waals surface area contributed by atoms with Crippen LogP contribution in [-0.2, 0) is 25.7 Å². The molecule has 4 unspecified atom stereocenters. The largest absolute Gasteiger partial charge is 0.491 e. The molecule has 508 valence electrons. The molecule has 12 aromatic carbocycles. The molecule has 0 spiro atoms. The molecular weight excluding hydrogens is 1290 g/mol. The van der Waals surface area contributed by atoms with E-state index in [2.05, 4.69) is 24.3 Å². The molecule has 0 radical (unpaired) electrons. The zero-order valence-electron chi connectivity index (χ0n) is 56.1. The summed E-state index contributed by atoms with van der Waals surface area (Å²) in [4.78, 5) is 42.6. The van der Waals surface area contributed by atoms with E-state index in [1.807, 2.05) is 267 Å². The molecule has 0 bridgehead atoms. The van der Waals surface area contributed by atoms with Crippen LogP contribution in [0.3, 0.4) is 0 Å². The molecule has 0 aromatic heterocycles. The first-order valence-corrected chi connectivity index (χ1v) is 34.8. The second-order valence-electron chi connectivity index (χ2n) is 26.7. The minimum Gasteiger partial charge on any atom is -0.491 e. The highest BCUT2D eigenvalue weighted by Gasteiger charge is 2.50. The summed E-state index contributed by atoms with van der Waals surface area (Å²) in [6, 6.07) is 94.1. The van der Waals surface area contributed by atoms with Crippen molar-refractivity contribution in [2.24, 2.45) is 0 Å². The van der Waals surface area contributed by atoms with Crippen LogP contribution >= 0.6 is 0 Å². The lowest BCUT2D eigenvalue weighted by Gasteiger charge is -2.41. The van der Waals surface area contributed by atoms with Crippen LogP contribution in [-0.4, -0.2) is 105 Å². The zero-order chi connectivity index (χ0) is 69.7. The van der Waals surface area contributed by atoms with E-state index < -0.39 is 28.5 Å². The monoisotopic (exact) mass is 1360 g/mol. The van der Waals surface area contributed by atoms with E-state index in [9.17, 15) is 24.6 Å². The van der Waals surface area contributed by atoms with Crippen molar-refractivity contribution in [2.75, 3.05) is 52.9 Å². The Morgan fingerprint density at radius 2 is 0.447 bits per heavy atom. The van der Waals surface area contributed by atoms with Crippen LogP contribution < -0.4 is 28.4 Å². The molecular formula is C90H70O13. The van der Waals surface area contributed by atoms with Gasteiger partial charge in [-0.3, -0.25) is 14.4 Å². The molecule has 2 heterocycles. The minimum atomic E-state index is -0.999. The predicted molar refractivity (Wildman–Crippen MR) is 389 cm³/mol. The fourth-order valence-corrected chi connectivity index (χ4v) is 15.7. The summed E-state index contributed by atoms with van der Waals surface area (Å²) in [7, 11) is 0. The highest BCUT2D eigenvalue weighted by molar-refractivity contribution is 6.16. The van der Waals surface area contributed by atoms with Gasteiger partial charge >= 0.3 is 0 Å². The average molecular weight is 1360 g/mol. The molecule has 13 heteroatoms. The van der Waals surface area contributed by atoms with Gasteiger partial charge in [-0.2, -0.15) is 0 Å². The summed E-state index contributed by atoms with van der Waals surface area (Å²) >= 11 is 0. The highest BCUT2D eigenvalue weighted by atomic mass is 16.6. The van der Waals surface area contributed by atoms with Gasteiger partial charge in [0.2, 0.25) is 0 Å². The third kappa shape index (κ3) is 11.6. The van der Waals surface area contributed by atoms with Crippen molar-refractivity contribution in [1.82, 2.24) is 0 Å². The molecule has 3 aliphatic carbocycles. The van der Waals surface area contributed by atoms with Gasteiger partial charge < -0.3 is 48.1 Å². The number of hydrogen-bond acceptors (Lipinski definition) is 13. The van der Waals surface area contributed by atoms with E-state index in [-0.39, 0.29) is 56.0 Å². The molecule has 2 fully saturated rings. The molecule has 2 aliphatic heterocycles. The molecule has 5 aliphatic rings. The summed E-state index contributed by atoms with van der Waals surface area (Å²) in [5, 5.41) is 22.8. The number of ether oxygens (including phenoxy) is 8. The number of ketones is 3. The SMILES string of the molecule is O=C1c2ccccc2C(c2ccc(OCC(O)COc3ccc(C4(c5ccc(OCC6CO6)cc5)c5ccccc5C(=O)c5ccccc54)cc3)cc2)(c2ccc(OCC(O)COc3ccc(C4(c5ccc(OCC6CO6)cc5)c5ccccc5C(=O)c5ccccc54)cc3)cc2)c2ccccc21. The molecule has 103 heavy (non-hydrogen) atoms. The van der Waals surface area contributed by atoms with Gasteiger partial charge in [-0.15, -0.1) is 0 Å². The van der Waals surface area contributed by atoms with E-state index in [4.69, 9.17) is 37.9 Å². The number of carbonyl (C=O) groups is 3. The Balaban J connectivity index is 0.577. The predicted octanol–water partition coefficient (Wildman–Crippen LogP) is 14.7. The smallest absolute Gasteiger partial charge is 0.193 e. The van der Waals surface area contributed by atoms with Crippen molar-refractivity contribution in [2.45, 2.75) is 40.7 Å². The van der Waals surface area contributed by atoms with E-state index in [1.54, 1.807) is 0 Å². The molecule has 13 nitrogen and oxygen atoms in total. The number of aliphatic hydroxyl groups excluding tert-OH is 2. The van der Waals surface area contributed by atoms with Crippen LogP contribution in [0.25, 0.3) is 0 Å². The molecule has 4 atom stereocenters. The van der Waals surface area contributed by atoms with Gasteiger partial charge in [0.1, 0.15) is 98.6 Å². The fourth-order valence-electron chi connectivity index (χ4n) is 15.7. The Morgan fingerprint density at radius 3 is 0.631 bits per heavy atom. The summed E-state index contributed by atoms with van der Waals surface area (Å²) in [6.07, 6.45) is -1.76. The summed E-state index contributed by atoms with van der Waals surface area (Å²) in [6.45, 7) is 2.16. The van der Waals surface area contributed by atoms with Crippen LogP contribution in [0, 0.1) is 0 Å². The average Bonchev–Trinajstić information content (AvgIpc) is 1.24. The third-order valence-corrected chi connectivity index (χ3v) is 20.6. The number of epoxide rings is 2. The highest BCUT2D eigenvalue weighted by Crippen LogP contribution is 2.55. The van der Waals surface area contributed by atoms with Gasteiger partial charge in [0.15, 0.2) is 17.3 Å². The number of aliphatic hydroxyl groups is 2. The molecule has 2 N–H and O–H groups in total. The first-order chi connectivity index (χ1) is 50.6. The maximum absolute atomic E-state index is 14.4. The van der Waals surface area contributed by atoms with Gasteiger partial charge in [0.05, 0.1) is 29.5 Å². The van der Waals surface area contributed by atoms with E-state index in [1.165, 1.54) is 0 Å². The Morgan fingerprint density at radius 1 is 0.272 bits per heavy atom. The summed E-state index contributed by atoms with van der Waals surface area (Å²) in [5.74, 6) is 3.51. The molecule has 2 saturated heterocycles. The second-order valence-corrected chi connectivity index (χ2v) is 26.7. The lowest BCUT2D eigenvalue weighted by atomic mass is 9.59. The quantitative estimate of drug-likeness (QED) is 0.0548. The third-order valence-electron chi connectivity index (χ3n) is 20.6. The normalized spacial score (nSPS) is 17.1. The van der Waals surface area contributed by atoms with E-state index >= 15 is 0 Å². The molecule has 17 rings (SSSR count). The van der Waals surface area contributed by atoms with Crippen molar-refractivity contribution in [3.8, 4) is 34.5 Å². The van der Waals surface area contributed by atoms with E-state index in [0.29, 0.717) is 82.8 Å². The molecule has 0 saturated carbocycles. The van der Waals surface area contributed by atoms with Crippen LogP contribution in [0.5, 0.6) is 34.5 Å². The van der Waals surface area contributed by atoms with Crippen LogP contribution in [0.2, 0.25) is 0 Å². The molecule has 12 aromatic rings. The van der Waals surface area contributed by atoms with Crippen LogP contribution in [0.15, 0.2) is 291 Å². The summed E-state index contributed by atoms with van der Waals surface area (Å²) < 4.78 is 47.9. The topological polar surface area (TPSA) is 172 Å². The van der Waals surface area contributed by atoms with Crippen molar-refractivity contribution in [3.63, 3.8) is 0 Å². The van der Waals surface area contributed by atoms with Crippen molar-refractivity contribution in [1.29, 1.82) is 0 Å². The lowest BCUT2D eigenvalue weighted by Crippen LogP contribution is -2.38. The van der Waals surface area contributed by atoms with Crippen LogP contribution in [0.4, 0.5) is 0 Å². The summed E-state index contributed by atoms with van der Waals surface area (Å²) in [5.41, 5.74) is 11.7. The van der Waals surface area contributed by atoms with Gasteiger partial charge in [0, 0.05) is 33.4 Å². The fraction of sp³-hybridized carbons (Fsp3) is 0.167. The zero-order valence-corrected chi connectivity index (χ0v) is 56.1. The lowest BCUT2D eigenvalue weighted by molar-refractivity contribution is 0.0626. The van der Waals surface area contributed by atoms with Gasteiger partial charge in [-0.1, -0.05) is 218 Å². The van der Waals surface area contributed by atoms with E-state index in [0.717, 1.165) is 78.3 Å². The van der Waals surface area contributed by atoms with Crippen molar-refractivity contribution >= 4 is 17.3 Å². The van der Waals surface area contributed by atoms with Crippen LogP contribution in [0.1, 0.15) is 115 Å². The Kier molecular flexibility index (Phi) is 16.9.